The molecule has 3 aromatic heterocycles. The number of hydrogen-bond donors (Lipinski definition) is 1. The monoisotopic (exact) mass is 437 g/mol. The van der Waals surface area contributed by atoms with Crippen LogP contribution in [-0.2, 0) is 30.8 Å². The third kappa shape index (κ3) is 3.70. The van der Waals surface area contributed by atoms with E-state index in [1.54, 1.807) is 0 Å². The number of nitrogens with one attached hydrogen (secondary N) is 1. The second kappa shape index (κ2) is 7.15. The van der Waals surface area contributed by atoms with E-state index in [0.717, 1.165) is 26.5 Å². The first kappa shape index (κ1) is 20.8. The molecule has 0 bridgehead atoms. The van der Waals surface area contributed by atoms with Gasteiger partial charge < -0.3 is 5.32 Å². The predicted molar refractivity (Wildman–Crippen MR) is 110 cm³/mol. The van der Waals surface area contributed by atoms with Gasteiger partial charge >= 0.3 is 5.69 Å². The lowest BCUT2D eigenvalue weighted by atomic mass is 9.93. The average molecular weight is 438 g/mol. The van der Waals surface area contributed by atoms with Gasteiger partial charge in [0, 0.05) is 25.6 Å². The van der Waals surface area contributed by atoms with Crippen LogP contribution in [0.4, 0.5) is 5.82 Å². The fourth-order valence-corrected chi connectivity index (χ4v) is 3.76. The van der Waals surface area contributed by atoms with Crippen LogP contribution in [0.2, 0.25) is 0 Å². The lowest BCUT2D eigenvalue weighted by Crippen LogP contribution is -2.38. The van der Waals surface area contributed by atoms with E-state index in [0.29, 0.717) is 0 Å². The Bertz CT molecular complexity index is 1370. The Morgan fingerprint density at radius 1 is 1.17 bits per heavy atom. The van der Waals surface area contributed by atoms with E-state index in [2.05, 4.69) is 15.5 Å². The molecule has 3 rings (SSSR count). The quantitative estimate of drug-likeness (QED) is 0.573. The molecule has 0 spiro atoms. The minimum atomic E-state index is -0.577. The van der Waals surface area contributed by atoms with Crippen molar-refractivity contribution in [2.45, 2.75) is 32.7 Å². The number of hydrogen-bond acceptors (Lipinski definition) is 8. The molecule has 29 heavy (non-hydrogen) atoms. The minimum Gasteiger partial charge on any atom is -0.310 e. The van der Waals surface area contributed by atoms with Crippen molar-refractivity contribution in [1.82, 2.24) is 28.5 Å². The smallest absolute Gasteiger partial charge is 0.310 e. The average Bonchev–Trinajstić information content (AvgIpc) is 2.93. The highest BCUT2D eigenvalue weighted by molar-refractivity contribution is 7.73. The summed E-state index contributed by atoms with van der Waals surface area (Å²) in [6.45, 7) is 5.19. The van der Waals surface area contributed by atoms with Crippen LogP contribution in [-0.4, -0.2) is 34.4 Å². The molecule has 1 amide bonds. The van der Waals surface area contributed by atoms with Gasteiger partial charge in [0.05, 0.1) is 0 Å². The molecule has 11 nitrogen and oxygen atoms in total. The molecule has 0 unspecified atom stereocenters. The summed E-state index contributed by atoms with van der Waals surface area (Å²) in [7, 11) is 2.77. The van der Waals surface area contributed by atoms with Crippen LogP contribution in [0, 0.1) is 3.95 Å². The summed E-state index contributed by atoms with van der Waals surface area (Å²) in [4.78, 5) is 49.6. The zero-order valence-electron chi connectivity index (χ0n) is 16.4. The van der Waals surface area contributed by atoms with Gasteiger partial charge in [-0.15, -0.1) is 10.2 Å². The highest BCUT2D eigenvalue weighted by Gasteiger charge is 2.24. The minimum absolute atomic E-state index is 0.0386. The number of anilines is 1. The lowest BCUT2D eigenvalue weighted by molar-refractivity contribution is -0.117. The van der Waals surface area contributed by atoms with Gasteiger partial charge in [-0.1, -0.05) is 32.1 Å². The molecule has 0 aliphatic heterocycles. The number of fused-ring (bicyclic) bond motifs is 1. The highest BCUT2D eigenvalue weighted by Crippen LogP contribution is 2.17. The molecule has 0 aliphatic rings. The maximum absolute atomic E-state index is 12.9. The van der Waals surface area contributed by atoms with Crippen molar-refractivity contribution in [1.29, 1.82) is 0 Å². The van der Waals surface area contributed by atoms with Gasteiger partial charge in [0.1, 0.15) is 18.1 Å². The van der Waals surface area contributed by atoms with Gasteiger partial charge in [-0.2, -0.15) is 4.52 Å². The lowest BCUT2D eigenvalue weighted by Gasteiger charge is -2.16. The van der Waals surface area contributed by atoms with Crippen molar-refractivity contribution in [3.63, 3.8) is 0 Å². The second-order valence-corrected chi connectivity index (χ2v) is 9.04. The summed E-state index contributed by atoms with van der Waals surface area (Å²) in [5, 5.41) is 10.6. The summed E-state index contributed by atoms with van der Waals surface area (Å²) < 4.78 is 4.86. The number of carbonyl (C=O) groups excluding carboxylic acids is 1. The van der Waals surface area contributed by atoms with Gasteiger partial charge in [0.15, 0.2) is 3.95 Å². The zero-order valence-corrected chi connectivity index (χ0v) is 18.1. The molecule has 0 radical (unpaired) electrons. The van der Waals surface area contributed by atoms with Crippen LogP contribution < -0.4 is 22.1 Å². The number of rotatable bonds is 3. The van der Waals surface area contributed by atoms with E-state index in [-0.39, 0.29) is 27.0 Å². The van der Waals surface area contributed by atoms with Gasteiger partial charge in [0.2, 0.25) is 10.9 Å². The number of nitrogens with zero attached hydrogens (tertiary/aromatic N) is 6. The SMILES string of the molecule is Cn1c(NC(=O)Cn2c(=S)sc3nnc(C(C)(C)C)c(=O)n32)cc(=O)n(C)c1=O. The molecular formula is C16H19N7O4S2. The molecule has 1 N–H and O–H groups in total. The van der Waals surface area contributed by atoms with Crippen LogP contribution >= 0.6 is 23.6 Å². The Morgan fingerprint density at radius 2 is 1.83 bits per heavy atom. The van der Waals surface area contributed by atoms with Gasteiger partial charge in [0.25, 0.3) is 11.1 Å². The number of aromatic nitrogens is 6. The van der Waals surface area contributed by atoms with E-state index in [9.17, 15) is 19.2 Å². The van der Waals surface area contributed by atoms with Gasteiger partial charge in [-0.05, 0) is 12.2 Å². The Labute approximate surface area is 172 Å². The third-order valence-corrected chi connectivity index (χ3v) is 5.52. The van der Waals surface area contributed by atoms with Crippen molar-refractivity contribution in [2.75, 3.05) is 5.32 Å². The number of carbonyl (C=O) groups is 1. The van der Waals surface area contributed by atoms with Crippen molar-refractivity contribution in [2.24, 2.45) is 14.1 Å². The zero-order chi connectivity index (χ0) is 21.7. The standard InChI is InChI=1S/C16H19N7O4S2/c1-16(2,3)11-12(26)23-13(19-18-11)29-15(28)22(23)7-9(24)17-8-6-10(25)21(5)14(27)20(8)4/h6H,7H2,1-5H3,(H,17,24). The van der Waals surface area contributed by atoms with Crippen molar-refractivity contribution in [3.8, 4) is 0 Å². The Morgan fingerprint density at radius 3 is 2.45 bits per heavy atom. The fourth-order valence-electron chi connectivity index (χ4n) is 2.63. The normalized spacial score (nSPS) is 11.8. The molecule has 0 atom stereocenters. The second-order valence-electron chi connectivity index (χ2n) is 7.44. The van der Waals surface area contributed by atoms with Crippen molar-refractivity contribution in [3.05, 3.63) is 46.9 Å². The molecule has 0 aromatic carbocycles. The third-order valence-electron chi connectivity index (χ3n) is 4.24. The first-order valence-electron chi connectivity index (χ1n) is 8.48. The number of amides is 1. The summed E-state index contributed by atoms with van der Waals surface area (Å²) in [5.74, 6) is -0.526. The molecular weight excluding hydrogens is 418 g/mol. The van der Waals surface area contributed by atoms with E-state index >= 15 is 0 Å². The van der Waals surface area contributed by atoms with E-state index in [1.807, 2.05) is 20.8 Å². The van der Waals surface area contributed by atoms with Crippen LogP contribution in [0.3, 0.4) is 0 Å². The molecule has 3 heterocycles. The van der Waals surface area contributed by atoms with Crippen molar-refractivity contribution < 1.29 is 4.79 Å². The fraction of sp³-hybridized carbons (Fsp3) is 0.438. The molecule has 0 saturated heterocycles. The molecule has 3 aromatic rings. The molecule has 154 valence electrons. The first-order valence-corrected chi connectivity index (χ1v) is 9.71. The van der Waals surface area contributed by atoms with E-state index < -0.39 is 28.1 Å². The maximum atomic E-state index is 12.9. The molecule has 0 aliphatic carbocycles. The van der Waals surface area contributed by atoms with Crippen LogP contribution in [0.1, 0.15) is 26.5 Å². The van der Waals surface area contributed by atoms with Crippen LogP contribution in [0.15, 0.2) is 20.4 Å². The van der Waals surface area contributed by atoms with Gasteiger partial charge in [-0.25, -0.2) is 9.48 Å². The van der Waals surface area contributed by atoms with Gasteiger partial charge in [-0.3, -0.25) is 23.5 Å². The Balaban J connectivity index is 2.03. The maximum Gasteiger partial charge on any atom is 0.332 e. The van der Waals surface area contributed by atoms with Crippen LogP contribution in [0.5, 0.6) is 0 Å². The molecule has 0 saturated carbocycles. The summed E-state index contributed by atoms with van der Waals surface area (Å²) in [6.07, 6.45) is 0. The summed E-state index contributed by atoms with van der Waals surface area (Å²) >= 11 is 6.33. The largest absolute Gasteiger partial charge is 0.332 e. The molecule has 0 fully saturated rings. The van der Waals surface area contributed by atoms with Crippen LogP contribution in [0.25, 0.3) is 4.96 Å². The Hall–Kier alpha value is -2.93. The highest BCUT2D eigenvalue weighted by atomic mass is 32.1. The summed E-state index contributed by atoms with van der Waals surface area (Å²) in [6, 6.07) is 1.14. The molecule has 13 heteroatoms. The predicted octanol–water partition coefficient (Wildman–Crippen LogP) is 0.0156. The Kier molecular flexibility index (Phi) is 5.13. The topological polar surface area (TPSA) is 125 Å². The van der Waals surface area contributed by atoms with E-state index in [1.165, 1.54) is 23.3 Å². The summed E-state index contributed by atoms with van der Waals surface area (Å²) in [5.41, 5.74) is -1.85. The first-order chi connectivity index (χ1) is 13.4. The van der Waals surface area contributed by atoms with E-state index in [4.69, 9.17) is 12.2 Å². The van der Waals surface area contributed by atoms with Crippen molar-refractivity contribution >= 4 is 40.2 Å².